The standard InChI is InChI=1S/C14H16N2O2/c1-3-9(2)10-4-6-11(7-5-10)12-8-13(14(17)18)16-15-12/h4-9H,3H2,1-2H3,(H,15,16)(H,17,18)/t9-/m0/s1. The molecule has 2 rings (SSSR count). The van der Waals surface area contributed by atoms with Crippen LogP contribution in [0.2, 0.25) is 0 Å². The zero-order chi connectivity index (χ0) is 13.1. The van der Waals surface area contributed by atoms with Gasteiger partial charge in [0.25, 0.3) is 0 Å². The van der Waals surface area contributed by atoms with Gasteiger partial charge >= 0.3 is 5.97 Å². The lowest BCUT2D eigenvalue weighted by Gasteiger charge is -2.08. The Morgan fingerprint density at radius 3 is 2.56 bits per heavy atom. The van der Waals surface area contributed by atoms with Gasteiger partial charge in [0.2, 0.25) is 0 Å². The quantitative estimate of drug-likeness (QED) is 0.867. The fraction of sp³-hybridized carbons (Fsp3) is 0.286. The van der Waals surface area contributed by atoms with Crippen molar-refractivity contribution >= 4 is 5.97 Å². The highest BCUT2D eigenvalue weighted by molar-refractivity contribution is 5.86. The second kappa shape index (κ2) is 5.04. The first kappa shape index (κ1) is 12.4. The third-order valence-electron chi connectivity index (χ3n) is 3.20. The number of aromatic amines is 1. The molecule has 2 aromatic rings. The Kier molecular flexibility index (Phi) is 3.46. The minimum Gasteiger partial charge on any atom is -0.477 e. The fourth-order valence-electron chi connectivity index (χ4n) is 1.80. The number of carboxylic acid groups (broad SMARTS) is 1. The van der Waals surface area contributed by atoms with E-state index in [1.165, 1.54) is 5.56 Å². The zero-order valence-electron chi connectivity index (χ0n) is 10.5. The number of aromatic carboxylic acids is 1. The minimum absolute atomic E-state index is 0.107. The lowest BCUT2D eigenvalue weighted by atomic mass is 9.97. The maximum atomic E-state index is 10.8. The van der Waals surface area contributed by atoms with Crippen molar-refractivity contribution in [3.63, 3.8) is 0 Å². The van der Waals surface area contributed by atoms with E-state index in [4.69, 9.17) is 5.11 Å². The van der Waals surface area contributed by atoms with Crippen molar-refractivity contribution in [1.82, 2.24) is 10.2 Å². The van der Waals surface area contributed by atoms with E-state index in [0.29, 0.717) is 11.6 Å². The first-order chi connectivity index (χ1) is 8.61. The Bertz CT molecular complexity index is 543. The van der Waals surface area contributed by atoms with Crippen LogP contribution in [0.5, 0.6) is 0 Å². The summed E-state index contributed by atoms with van der Waals surface area (Å²) < 4.78 is 0. The molecule has 0 saturated heterocycles. The number of nitrogens with one attached hydrogen (secondary N) is 1. The molecule has 1 aromatic heterocycles. The predicted octanol–water partition coefficient (Wildman–Crippen LogP) is 3.29. The van der Waals surface area contributed by atoms with Crippen LogP contribution in [0.1, 0.15) is 42.2 Å². The summed E-state index contributed by atoms with van der Waals surface area (Å²) in [4.78, 5) is 10.8. The van der Waals surface area contributed by atoms with Gasteiger partial charge in [-0.25, -0.2) is 4.79 Å². The average molecular weight is 244 g/mol. The summed E-state index contributed by atoms with van der Waals surface area (Å²) in [5.74, 6) is -0.460. The Morgan fingerprint density at radius 2 is 2.06 bits per heavy atom. The van der Waals surface area contributed by atoms with Crippen molar-refractivity contribution in [1.29, 1.82) is 0 Å². The van der Waals surface area contributed by atoms with Crippen molar-refractivity contribution in [2.45, 2.75) is 26.2 Å². The summed E-state index contributed by atoms with van der Waals surface area (Å²) in [6.45, 7) is 4.34. The maximum absolute atomic E-state index is 10.8. The van der Waals surface area contributed by atoms with Crippen LogP contribution >= 0.6 is 0 Å². The van der Waals surface area contributed by atoms with Crippen LogP contribution in [-0.4, -0.2) is 21.3 Å². The lowest BCUT2D eigenvalue weighted by Crippen LogP contribution is -1.95. The highest BCUT2D eigenvalue weighted by Crippen LogP contribution is 2.23. The number of nitrogens with zero attached hydrogens (tertiary/aromatic N) is 1. The van der Waals surface area contributed by atoms with E-state index in [9.17, 15) is 4.79 Å². The van der Waals surface area contributed by atoms with Gasteiger partial charge in [-0.1, -0.05) is 38.1 Å². The molecule has 18 heavy (non-hydrogen) atoms. The van der Waals surface area contributed by atoms with Crippen LogP contribution in [0.25, 0.3) is 11.3 Å². The van der Waals surface area contributed by atoms with Gasteiger partial charge in [0.05, 0.1) is 5.69 Å². The molecule has 0 radical (unpaired) electrons. The van der Waals surface area contributed by atoms with Crippen molar-refractivity contribution < 1.29 is 9.90 Å². The maximum Gasteiger partial charge on any atom is 0.353 e. The molecule has 0 unspecified atom stereocenters. The third-order valence-corrected chi connectivity index (χ3v) is 3.20. The van der Waals surface area contributed by atoms with Gasteiger partial charge in [-0.15, -0.1) is 0 Å². The smallest absolute Gasteiger partial charge is 0.353 e. The molecule has 2 N–H and O–H groups in total. The SMILES string of the molecule is CC[C@H](C)c1ccc(-c2cc(C(=O)O)[nH]n2)cc1. The van der Waals surface area contributed by atoms with Crippen molar-refractivity contribution in [2.24, 2.45) is 0 Å². The predicted molar refractivity (Wildman–Crippen MR) is 69.7 cm³/mol. The normalized spacial score (nSPS) is 12.3. The summed E-state index contributed by atoms with van der Waals surface area (Å²) in [5.41, 5.74) is 2.97. The molecule has 4 nitrogen and oxygen atoms in total. The Hall–Kier alpha value is -2.10. The van der Waals surface area contributed by atoms with Gasteiger partial charge in [0.1, 0.15) is 5.69 Å². The van der Waals surface area contributed by atoms with Crippen molar-refractivity contribution in [3.05, 3.63) is 41.6 Å². The van der Waals surface area contributed by atoms with Crippen molar-refractivity contribution in [2.75, 3.05) is 0 Å². The molecule has 94 valence electrons. The Labute approximate surface area is 106 Å². The molecule has 0 fully saturated rings. The largest absolute Gasteiger partial charge is 0.477 e. The molecule has 0 aliphatic heterocycles. The second-order valence-electron chi connectivity index (χ2n) is 4.40. The molecule has 4 heteroatoms. The fourth-order valence-corrected chi connectivity index (χ4v) is 1.80. The molecule has 0 bridgehead atoms. The van der Waals surface area contributed by atoms with Gasteiger partial charge in [0, 0.05) is 5.56 Å². The van der Waals surface area contributed by atoms with E-state index in [-0.39, 0.29) is 5.69 Å². The number of rotatable bonds is 4. The van der Waals surface area contributed by atoms with Gasteiger partial charge in [0.15, 0.2) is 0 Å². The molecule has 0 aliphatic carbocycles. The van der Waals surface area contributed by atoms with E-state index in [0.717, 1.165) is 12.0 Å². The summed E-state index contributed by atoms with van der Waals surface area (Å²) >= 11 is 0. The Balaban J connectivity index is 2.25. The van der Waals surface area contributed by atoms with E-state index >= 15 is 0 Å². The number of H-pyrrole nitrogens is 1. The molecular weight excluding hydrogens is 228 g/mol. The minimum atomic E-state index is -0.995. The molecule has 1 heterocycles. The van der Waals surface area contributed by atoms with Crippen LogP contribution in [0, 0.1) is 0 Å². The zero-order valence-corrected chi connectivity index (χ0v) is 10.5. The molecule has 0 amide bonds. The number of benzene rings is 1. The molecule has 0 spiro atoms. The van der Waals surface area contributed by atoms with Gasteiger partial charge in [-0.3, -0.25) is 5.10 Å². The van der Waals surface area contributed by atoms with Gasteiger partial charge in [-0.05, 0) is 24.0 Å². The third kappa shape index (κ3) is 2.42. The molecule has 0 aliphatic rings. The van der Waals surface area contributed by atoms with E-state index < -0.39 is 5.97 Å². The van der Waals surface area contributed by atoms with Crippen molar-refractivity contribution in [3.8, 4) is 11.3 Å². The lowest BCUT2D eigenvalue weighted by molar-refractivity contribution is 0.0690. The average Bonchev–Trinajstić information content (AvgIpc) is 2.88. The number of aromatic nitrogens is 2. The van der Waals surface area contributed by atoms with Crippen LogP contribution < -0.4 is 0 Å². The first-order valence-electron chi connectivity index (χ1n) is 6.01. The summed E-state index contributed by atoms with van der Waals surface area (Å²) in [6.07, 6.45) is 1.10. The van der Waals surface area contributed by atoms with Gasteiger partial charge < -0.3 is 5.11 Å². The summed E-state index contributed by atoms with van der Waals surface area (Å²) in [5, 5.41) is 15.3. The number of carbonyl (C=O) groups is 1. The van der Waals surface area contributed by atoms with E-state index in [1.807, 2.05) is 12.1 Å². The van der Waals surface area contributed by atoms with Crippen LogP contribution in [0.3, 0.4) is 0 Å². The molecular formula is C14H16N2O2. The monoisotopic (exact) mass is 244 g/mol. The highest BCUT2D eigenvalue weighted by Gasteiger charge is 2.09. The van der Waals surface area contributed by atoms with Crippen LogP contribution in [0.4, 0.5) is 0 Å². The summed E-state index contributed by atoms with van der Waals surface area (Å²) in [6, 6.07) is 9.63. The van der Waals surface area contributed by atoms with E-state index in [2.05, 4.69) is 36.2 Å². The van der Waals surface area contributed by atoms with Gasteiger partial charge in [-0.2, -0.15) is 5.10 Å². The van der Waals surface area contributed by atoms with E-state index in [1.54, 1.807) is 6.07 Å². The molecule has 0 saturated carbocycles. The number of hydrogen-bond donors (Lipinski definition) is 2. The van der Waals surface area contributed by atoms with Crippen LogP contribution in [0.15, 0.2) is 30.3 Å². The molecule has 1 atom stereocenters. The Morgan fingerprint density at radius 1 is 1.39 bits per heavy atom. The van der Waals surface area contributed by atoms with Crippen LogP contribution in [-0.2, 0) is 0 Å². The first-order valence-corrected chi connectivity index (χ1v) is 6.01. The molecule has 1 aromatic carbocycles. The number of carboxylic acids is 1. The highest BCUT2D eigenvalue weighted by atomic mass is 16.4. The topological polar surface area (TPSA) is 66.0 Å². The number of hydrogen-bond acceptors (Lipinski definition) is 2. The summed E-state index contributed by atoms with van der Waals surface area (Å²) in [7, 11) is 0. The second-order valence-corrected chi connectivity index (χ2v) is 4.40.